The molecule has 0 radical (unpaired) electrons. The first-order chi connectivity index (χ1) is 8.69. The number of halogens is 1. The average molecular weight is 266 g/mol. The molecule has 2 aromatic rings. The van der Waals surface area contributed by atoms with Crippen LogP contribution in [0, 0.1) is 5.82 Å². The highest BCUT2D eigenvalue weighted by Gasteiger charge is 2.07. The van der Waals surface area contributed by atoms with Gasteiger partial charge in [0, 0.05) is 5.56 Å². The summed E-state index contributed by atoms with van der Waals surface area (Å²) in [5.74, 6) is -0.0636. The van der Waals surface area contributed by atoms with Crippen LogP contribution in [-0.4, -0.2) is 33.8 Å². The number of H-pyrrole nitrogens is 1. The zero-order valence-electron chi connectivity index (χ0n) is 9.61. The first kappa shape index (κ1) is 12.6. The van der Waals surface area contributed by atoms with E-state index in [0.717, 1.165) is 0 Å². The highest BCUT2D eigenvalue weighted by atomic mass is 32.2. The molecular formula is C11H11FN4OS. The van der Waals surface area contributed by atoms with Crippen molar-refractivity contribution in [1.82, 2.24) is 15.2 Å². The Morgan fingerprint density at radius 3 is 2.78 bits per heavy atom. The normalized spacial score (nSPS) is 10.3. The number of hydrogen-bond donors (Lipinski definition) is 2. The van der Waals surface area contributed by atoms with Gasteiger partial charge in [0.15, 0.2) is 5.78 Å². The van der Waals surface area contributed by atoms with Crippen LogP contribution in [0.4, 0.5) is 10.3 Å². The van der Waals surface area contributed by atoms with Crippen molar-refractivity contribution >= 4 is 23.5 Å². The van der Waals surface area contributed by atoms with E-state index in [1.165, 1.54) is 36.0 Å². The lowest BCUT2D eigenvalue weighted by Gasteiger charge is -2.01. The van der Waals surface area contributed by atoms with Gasteiger partial charge in [-0.1, -0.05) is 11.8 Å². The summed E-state index contributed by atoms with van der Waals surface area (Å²) in [4.78, 5) is 15.8. The number of anilines is 1. The average Bonchev–Trinajstić information content (AvgIpc) is 2.85. The molecule has 0 amide bonds. The number of aromatic amines is 1. The second-order valence-electron chi connectivity index (χ2n) is 3.45. The van der Waals surface area contributed by atoms with Crippen LogP contribution in [0.5, 0.6) is 0 Å². The lowest BCUT2D eigenvalue weighted by atomic mass is 10.1. The van der Waals surface area contributed by atoms with E-state index in [1.807, 2.05) is 6.26 Å². The van der Waals surface area contributed by atoms with E-state index in [4.69, 9.17) is 0 Å². The van der Waals surface area contributed by atoms with E-state index in [-0.39, 0.29) is 18.1 Å². The Hall–Kier alpha value is -1.89. The number of nitrogens with zero attached hydrogens (tertiary/aromatic N) is 2. The Kier molecular flexibility index (Phi) is 3.93. The van der Waals surface area contributed by atoms with Crippen LogP contribution in [0.2, 0.25) is 0 Å². The first-order valence-corrected chi connectivity index (χ1v) is 6.40. The molecule has 18 heavy (non-hydrogen) atoms. The number of aromatic nitrogens is 3. The van der Waals surface area contributed by atoms with Crippen molar-refractivity contribution in [2.75, 3.05) is 18.1 Å². The van der Waals surface area contributed by atoms with Crippen molar-refractivity contribution in [3.05, 3.63) is 35.6 Å². The third-order valence-electron chi connectivity index (χ3n) is 2.23. The van der Waals surface area contributed by atoms with Gasteiger partial charge in [-0.3, -0.25) is 4.79 Å². The van der Waals surface area contributed by atoms with Crippen molar-refractivity contribution in [2.24, 2.45) is 0 Å². The summed E-state index contributed by atoms with van der Waals surface area (Å²) in [5.41, 5.74) is 0.452. The fourth-order valence-electron chi connectivity index (χ4n) is 1.32. The van der Waals surface area contributed by atoms with Crippen molar-refractivity contribution < 1.29 is 9.18 Å². The second kappa shape index (κ2) is 5.63. The van der Waals surface area contributed by atoms with Gasteiger partial charge in [-0.05, 0) is 30.5 Å². The maximum atomic E-state index is 12.7. The SMILES string of the molecule is CSc1n[nH]c(NCC(=O)c2ccc(F)cc2)n1. The number of thioether (sulfide) groups is 1. The van der Waals surface area contributed by atoms with Gasteiger partial charge >= 0.3 is 0 Å². The maximum Gasteiger partial charge on any atom is 0.219 e. The third-order valence-corrected chi connectivity index (χ3v) is 2.78. The van der Waals surface area contributed by atoms with E-state index in [9.17, 15) is 9.18 Å². The molecule has 0 aliphatic rings. The largest absolute Gasteiger partial charge is 0.347 e. The molecule has 0 saturated heterocycles. The molecule has 0 spiro atoms. The van der Waals surface area contributed by atoms with Gasteiger partial charge < -0.3 is 5.32 Å². The summed E-state index contributed by atoms with van der Waals surface area (Å²) in [5, 5.41) is 10.00. The number of Topliss-reactive ketones (excluding diaryl/α,β-unsaturated/α-hetero) is 1. The molecule has 0 bridgehead atoms. The quantitative estimate of drug-likeness (QED) is 0.639. The van der Waals surface area contributed by atoms with E-state index in [2.05, 4.69) is 20.5 Å². The Morgan fingerprint density at radius 1 is 1.44 bits per heavy atom. The van der Waals surface area contributed by atoms with Crippen LogP contribution in [0.25, 0.3) is 0 Å². The monoisotopic (exact) mass is 266 g/mol. The Bertz CT molecular complexity index is 540. The highest BCUT2D eigenvalue weighted by molar-refractivity contribution is 7.98. The third kappa shape index (κ3) is 3.07. The number of carbonyl (C=O) groups is 1. The molecular weight excluding hydrogens is 255 g/mol. The minimum Gasteiger partial charge on any atom is -0.347 e. The first-order valence-electron chi connectivity index (χ1n) is 5.18. The van der Waals surface area contributed by atoms with Crippen molar-refractivity contribution in [3.8, 4) is 0 Å². The minimum absolute atomic E-state index is 0.0780. The summed E-state index contributed by atoms with van der Waals surface area (Å²) >= 11 is 1.40. The maximum absolute atomic E-state index is 12.7. The Labute approximate surface area is 107 Å². The van der Waals surface area contributed by atoms with Gasteiger partial charge in [0.2, 0.25) is 11.1 Å². The number of nitrogens with one attached hydrogen (secondary N) is 2. The standard InChI is InChI=1S/C11H11FN4OS/c1-18-11-14-10(15-16-11)13-6-9(17)7-2-4-8(12)5-3-7/h2-5H,6H2,1H3,(H2,13,14,15,16). The van der Waals surface area contributed by atoms with Crippen LogP contribution in [0.3, 0.4) is 0 Å². The summed E-state index contributed by atoms with van der Waals surface area (Å²) < 4.78 is 12.7. The molecule has 7 heteroatoms. The van der Waals surface area contributed by atoms with Crippen molar-refractivity contribution in [3.63, 3.8) is 0 Å². The molecule has 2 N–H and O–H groups in total. The van der Waals surface area contributed by atoms with Gasteiger partial charge in [-0.15, -0.1) is 5.10 Å². The molecule has 1 aromatic heterocycles. The molecule has 94 valence electrons. The van der Waals surface area contributed by atoms with Crippen LogP contribution < -0.4 is 5.32 Å². The van der Waals surface area contributed by atoms with Gasteiger partial charge in [0.1, 0.15) is 5.82 Å². The van der Waals surface area contributed by atoms with E-state index in [1.54, 1.807) is 0 Å². The molecule has 0 unspecified atom stereocenters. The molecule has 0 aliphatic heterocycles. The van der Waals surface area contributed by atoms with Crippen molar-refractivity contribution in [2.45, 2.75) is 5.16 Å². The molecule has 1 aromatic carbocycles. The molecule has 2 rings (SSSR count). The lowest BCUT2D eigenvalue weighted by Crippen LogP contribution is -2.14. The van der Waals surface area contributed by atoms with E-state index < -0.39 is 0 Å². The molecule has 0 aliphatic carbocycles. The summed E-state index contributed by atoms with van der Waals surface area (Å²) in [7, 11) is 0. The topological polar surface area (TPSA) is 70.7 Å². The zero-order chi connectivity index (χ0) is 13.0. The molecule has 0 saturated carbocycles. The molecule has 0 atom stereocenters. The number of benzene rings is 1. The van der Waals surface area contributed by atoms with Gasteiger partial charge in [0.05, 0.1) is 6.54 Å². The van der Waals surface area contributed by atoms with Gasteiger partial charge in [-0.25, -0.2) is 9.49 Å². The van der Waals surface area contributed by atoms with Crippen molar-refractivity contribution in [1.29, 1.82) is 0 Å². The Balaban J connectivity index is 1.93. The summed E-state index contributed by atoms with van der Waals surface area (Å²) in [6.07, 6.45) is 1.86. The number of hydrogen-bond acceptors (Lipinski definition) is 5. The molecule has 1 heterocycles. The van der Waals surface area contributed by atoms with Crippen LogP contribution in [0.15, 0.2) is 29.4 Å². The Morgan fingerprint density at radius 2 is 2.17 bits per heavy atom. The van der Waals surface area contributed by atoms with Gasteiger partial charge in [-0.2, -0.15) is 4.98 Å². The second-order valence-corrected chi connectivity index (χ2v) is 4.23. The van der Waals surface area contributed by atoms with E-state index in [0.29, 0.717) is 16.7 Å². The van der Waals surface area contributed by atoms with Crippen LogP contribution in [0.1, 0.15) is 10.4 Å². The summed E-state index contributed by atoms with van der Waals surface area (Å²) in [6, 6.07) is 5.42. The highest BCUT2D eigenvalue weighted by Crippen LogP contribution is 2.09. The van der Waals surface area contributed by atoms with E-state index >= 15 is 0 Å². The number of rotatable bonds is 5. The predicted octanol–water partition coefficient (Wildman–Crippen LogP) is 1.96. The zero-order valence-corrected chi connectivity index (χ0v) is 10.4. The lowest BCUT2D eigenvalue weighted by molar-refractivity contribution is 0.101. The minimum atomic E-state index is -0.362. The van der Waals surface area contributed by atoms with Gasteiger partial charge in [0.25, 0.3) is 0 Å². The fourth-order valence-corrected chi connectivity index (χ4v) is 1.64. The molecule has 5 nitrogen and oxygen atoms in total. The van der Waals surface area contributed by atoms with Crippen LogP contribution in [-0.2, 0) is 0 Å². The number of carbonyl (C=O) groups excluding carboxylic acids is 1. The summed E-state index contributed by atoms with van der Waals surface area (Å²) in [6.45, 7) is 0.0780. The van der Waals surface area contributed by atoms with Crippen LogP contribution >= 0.6 is 11.8 Å². The fraction of sp³-hybridized carbons (Fsp3) is 0.182. The predicted molar refractivity (Wildman–Crippen MR) is 67.4 cm³/mol. The number of ketones is 1. The smallest absolute Gasteiger partial charge is 0.219 e. The molecule has 0 fully saturated rings.